The molecule has 1 amide bonds. The predicted octanol–water partition coefficient (Wildman–Crippen LogP) is 4.59. The van der Waals surface area contributed by atoms with Crippen LogP contribution in [0.5, 0.6) is 23.0 Å². The summed E-state index contributed by atoms with van der Waals surface area (Å²) >= 11 is 1.33. The van der Waals surface area contributed by atoms with Gasteiger partial charge in [-0.25, -0.2) is 0 Å². The van der Waals surface area contributed by atoms with Crippen molar-refractivity contribution in [1.82, 2.24) is 10.2 Å². The zero-order valence-electron chi connectivity index (χ0n) is 18.6. The van der Waals surface area contributed by atoms with Crippen LogP contribution < -0.4 is 24.3 Å². The van der Waals surface area contributed by atoms with E-state index in [1.165, 1.54) is 11.3 Å². The minimum absolute atomic E-state index is 0.331. The van der Waals surface area contributed by atoms with Crippen molar-refractivity contribution in [2.75, 3.05) is 32.2 Å². The fraction of sp³-hybridized carbons (Fsp3) is 0.348. The van der Waals surface area contributed by atoms with Gasteiger partial charge in [0, 0.05) is 12.0 Å². The van der Waals surface area contributed by atoms with Gasteiger partial charge in [-0.1, -0.05) is 23.5 Å². The number of rotatable bonds is 11. The molecule has 0 atom stereocenters. The third-order valence-electron chi connectivity index (χ3n) is 4.37. The number of benzene rings is 2. The summed E-state index contributed by atoms with van der Waals surface area (Å²) in [6, 6.07) is 11.0. The Hall–Kier alpha value is -3.33. The van der Waals surface area contributed by atoms with Crippen LogP contribution >= 0.6 is 11.3 Å². The Morgan fingerprint density at radius 1 is 0.938 bits per heavy atom. The van der Waals surface area contributed by atoms with Crippen LogP contribution in [0.15, 0.2) is 36.4 Å². The van der Waals surface area contributed by atoms with Crippen LogP contribution in [0.2, 0.25) is 0 Å². The van der Waals surface area contributed by atoms with Crippen molar-refractivity contribution in [2.45, 2.75) is 27.2 Å². The maximum absolute atomic E-state index is 12.9. The van der Waals surface area contributed by atoms with Crippen molar-refractivity contribution in [1.29, 1.82) is 0 Å². The maximum Gasteiger partial charge on any atom is 0.257 e. The summed E-state index contributed by atoms with van der Waals surface area (Å²) < 4.78 is 22.2. The van der Waals surface area contributed by atoms with E-state index in [1.807, 2.05) is 45.0 Å². The van der Waals surface area contributed by atoms with Gasteiger partial charge in [-0.2, -0.15) is 0 Å². The van der Waals surface area contributed by atoms with Crippen LogP contribution in [0, 0.1) is 0 Å². The summed E-state index contributed by atoms with van der Waals surface area (Å²) in [5, 5.41) is 12.3. The molecule has 8 nitrogen and oxygen atoms in total. The van der Waals surface area contributed by atoms with Crippen LogP contribution in [0.3, 0.4) is 0 Å². The Morgan fingerprint density at radius 3 is 2.12 bits per heavy atom. The first kappa shape index (κ1) is 23.3. The molecule has 1 N–H and O–H groups in total. The van der Waals surface area contributed by atoms with E-state index in [0.717, 1.165) is 16.3 Å². The quantitative estimate of drug-likeness (QED) is 0.450. The van der Waals surface area contributed by atoms with Gasteiger partial charge in [0.2, 0.25) is 10.9 Å². The molecule has 0 saturated carbocycles. The number of nitrogens with one attached hydrogen (secondary N) is 1. The van der Waals surface area contributed by atoms with Crippen LogP contribution in [0.4, 0.5) is 5.13 Å². The van der Waals surface area contributed by atoms with E-state index in [0.29, 0.717) is 54.2 Å². The lowest BCUT2D eigenvalue weighted by Gasteiger charge is -2.16. The second-order valence-corrected chi connectivity index (χ2v) is 7.64. The number of methoxy groups -OCH3 is 1. The highest BCUT2D eigenvalue weighted by atomic mass is 32.1. The Bertz CT molecular complexity index is 1010. The summed E-state index contributed by atoms with van der Waals surface area (Å²) in [5.74, 6) is 1.88. The van der Waals surface area contributed by atoms with Gasteiger partial charge in [0.05, 0.1) is 26.9 Å². The molecule has 1 heterocycles. The van der Waals surface area contributed by atoms with Crippen molar-refractivity contribution in [2.24, 2.45) is 0 Å². The van der Waals surface area contributed by atoms with Crippen molar-refractivity contribution < 1.29 is 23.7 Å². The minimum atomic E-state index is -0.331. The number of anilines is 1. The molecule has 0 aliphatic carbocycles. The van der Waals surface area contributed by atoms with Crippen LogP contribution in [0.25, 0.3) is 0 Å². The van der Waals surface area contributed by atoms with Gasteiger partial charge in [0.1, 0.15) is 10.8 Å². The minimum Gasteiger partial charge on any atom is -0.497 e. The highest BCUT2D eigenvalue weighted by Crippen LogP contribution is 2.39. The number of amides is 1. The van der Waals surface area contributed by atoms with Gasteiger partial charge in [0.15, 0.2) is 11.5 Å². The van der Waals surface area contributed by atoms with E-state index in [1.54, 1.807) is 19.2 Å². The lowest BCUT2D eigenvalue weighted by Crippen LogP contribution is -2.13. The van der Waals surface area contributed by atoms with E-state index in [4.69, 9.17) is 18.9 Å². The second-order valence-electron chi connectivity index (χ2n) is 6.58. The van der Waals surface area contributed by atoms with E-state index >= 15 is 0 Å². The van der Waals surface area contributed by atoms with Crippen LogP contribution in [-0.2, 0) is 6.42 Å². The lowest BCUT2D eigenvalue weighted by atomic mass is 10.1. The first-order chi connectivity index (χ1) is 15.6. The molecule has 0 spiro atoms. The summed E-state index contributed by atoms with van der Waals surface area (Å²) in [6.07, 6.45) is 0.615. The molecule has 0 radical (unpaired) electrons. The number of hydrogen-bond donors (Lipinski definition) is 1. The van der Waals surface area contributed by atoms with E-state index in [2.05, 4.69) is 15.5 Å². The number of carbonyl (C=O) groups is 1. The lowest BCUT2D eigenvalue weighted by molar-refractivity contribution is 0.102. The molecular weight excluding hydrogens is 430 g/mol. The average Bonchev–Trinajstić information content (AvgIpc) is 3.23. The zero-order valence-corrected chi connectivity index (χ0v) is 19.5. The smallest absolute Gasteiger partial charge is 0.257 e. The largest absolute Gasteiger partial charge is 0.497 e. The molecule has 0 saturated heterocycles. The molecule has 0 unspecified atom stereocenters. The molecule has 1 aromatic heterocycles. The predicted molar refractivity (Wildman–Crippen MR) is 124 cm³/mol. The molecule has 0 aliphatic rings. The Balaban J connectivity index is 1.76. The van der Waals surface area contributed by atoms with Crippen molar-refractivity contribution in [3.63, 3.8) is 0 Å². The first-order valence-corrected chi connectivity index (χ1v) is 11.2. The Morgan fingerprint density at radius 2 is 1.56 bits per heavy atom. The Labute approximate surface area is 191 Å². The molecule has 3 aromatic rings. The summed E-state index contributed by atoms with van der Waals surface area (Å²) in [5.41, 5.74) is 1.46. The fourth-order valence-corrected chi connectivity index (χ4v) is 3.75. The number of carbonyl (C=O) groups excluding carboxylic acids is 1. The molecule has 0 aliphatic heterocycles. The molecule has 9 heteroatoms. The summed E-state index contributed by atoms with van der Waals surface area (Å²) in [6.45, 7) is 6.94. The zero-order chi connectivity index (χ0) is 22.9. The summed E-state index contributed by atoms with van der Waals surface area (Å²) in [4.78, 5) is 12.9. The molecular formula is C23H27N3O5S. The third-order valence-corrected chi connectivity index (χ3v) is 5.21. The third kappa shape index (κ3) is 5.88. The topological polar surface area (TPSA) is 91.8 Å². The SMILES string of the molecule is CCOc1cc(C(=O)Nc2nnc(Cc3ccc(OC)cc3)s2)cc(OCC)c1OCC. The molecule has 32 heavy (non-hydrogen) atoms. The Kier molecular flexibility index (Phi) is 8.27. The standard InChI is InChI=1S/C23H27N3O5S/c1-5-29-18-13-16(14-19(30-6-2)21(18)31-7-3)22(27)24-23-26-25-20(32-23)12-15-8-10-17(28-4)11-9-15/h8-11,13-14H,5-7,12H2,1-4H3,(H,24,26,27). The van der Waals surface area contributed by atoms with Crippen molar-refractivity contribution >= 4 is 22.4 Å². The van der Waals surface area contributed by atoms with Gasteiger partial charge in [-0.05, 0) is 50.6 Å². The van der Waals surface area contributed by atoms with E-state index in [9.17, 15) is 4.79 Å². The van der Waals surface area contributed by atoms with Gasteiger partial charge in [-0.15, -0.1) is 10.2 Å². The average molecular weight is 458 g/mol. The normalized spacial score (nSPS) is 10.5. The second kappa shape index (κ2) is 11.3. The monoisotopic (exact) mass is 457 g/mol. The number of hydrogen-bond acceptors (Lipinski definition) is 8. The highest BCUT2D eigenvalue weighted by Gasteiger charge is 2.19. The van der Waals surface area contributed by atoms with Gasteiger partial charge in [0.25, 0.3) is 5.91 Å². The number of aromatic nitrogens is 2. The molecule has 170 valence electrons. The maximum atomic E-state index is 12.9. The van der Waals surface area contributed by atoms with Crippen molar-refractivity contribution in [3.8, 4) is 23.0 Å². The molecule has 3 rings (SSSR count). The van der Waals surface area contributed by atoms with E-state index in [-0.39, 0.29) is 5.91 Å². The fourth-order valence-electron chi connectivity index (χ4n) is 2.98. The van der Waals surface area contributed by atoms with Crippen LogP contribution in [0.1, 0.15) is 41.7 Å². The molecule has 0 bridgehead atoms. The highest BCUT2D eigenvalue weighted by molar-refractivity contribution is 7.15. The number of ether oxygens (including phenoxy) is 4. The van der Waals surface area contributed by atoms with Gasteiger partial charge >= 0.3 is 0 Å². The van der Waals surface area contributed by atoms with Gasteiger partial charge in [-0.3, -0.25) is 10.1 Å². The van der Waals surface area contributed by atoms with Crippen LogP contribution in [-0.4, -0.2) is 43.0 Å². The summed E-state index contributed by atoms with van der Waals surface area (Å²) in [7, 11) is 1.63. The number of nitrogens with zero attached hydrogens (tertiary/aromatic N) is 2. The van der Waals surface area contributed by atoms with Gasteiger partial charge < -0.3 is 18.9 Å². The molecule has 0 fully saturated rings. The van der Waals surface area contributed by atoms with E-state index < -0.39 is 0 Å². The first-order valence-electron chi connectivity index (χ1n) is 10.4. The molecule has 2 aromatic carbocycles. The van der Waals surface area contributed by atoms with Crippen molar-refractivity contribution in [3.05, 3.63) is 52.5 Å².